The van der Waals surface area contributed by atoms with Gasteiger partial charge < -0.3 is 50.7 Å². The molecule has 1 fully saturated rings. The van der Waals surface area contributed by atoms with Crippen LogP contribution in [0, 0.1) is 5.82 Å². The second-order valence-corrected chi connectivity index (χ2v) is 15.6. The predicted molar refractivity (Wildman–Crippen MR) is 214 cm³/mol. The van der Waals surface area contributed by atoms with Gasteiger partial charge in [-0.25, -0.2) is 4.39 Å². The van der Waals surface area contributed by atoms with Crippen molar-refractivity contribution in [3.63, 3.8) is 0 Å². The lowest BCUT2D eigenvalue weighted by Crippen LogP contribution is -2.60. The first-order chi connectivity index (χ1) is 27.1. The Morgan fingerprint density at radius 1 is 0.768 bits per heavy atom. The second-order valence-electron chi connectivity index (χ2n) is 15.6. The number of nitrogens with one attached hydrogen (secondary N) is 2. The van der Waals surface area contributed by atoms with Crippen LogP contribution in [0.4, 0.5) is 4.39 Å². The molecule has 13 heteroatoms. The maximum Gasteiger partial charge on any atom is 0.251 e. The molecule has 0 saturated carbocycles. The fourth-order valence-corrected chi connectivity index (χ4v) is 7.12. The van der Waals surface area contributed by atoms with Crippen LogP contribution in [-0.4, -0.2) is 111 Å². The van der Waals surface area contributed by atoms with E-state index in [1.54, 1.807) is 6.07 Å². The van der Waals surface area contributed by atoms with E-state index < -0.39 is 61.4 Å². The Hall–Kier alpha value is -2.23. The van der Waals surface area contributed by atoms with Gasteiger partial charge in [-0.3, -0.25) is 9.59 Å². The van der Waals surface area contributed by atoms with Gasteiger partial charge in [0.25, 0.3) is 5.91 Å². The van der Waals surface area contributed by atoms with Gasteiger partial charge in [0.05, 0.1) is 25.4 Å². The van der Waals surface area contributed by atoms with Crippen molar-refractivity contribution in [2.75, 3.05) is 19.8 Å². The third-order valence-electron chi connectivity index (χ3n) is 10.7. The summed E-state index contributed by atoms with van der Waals surface area (Å²) in [5.41, 5.74) is 0.319. The van der Waals surface area contributed by atoms with Gasteiger partial charge in [0, 0.05) is 18.5 Å². The topological polar surface area (TPSA) is 198 Å². The Bertz CT molecular complexity index is 1160. The molecule has 56 heavy (non-hydrogen) atoms. The summed E-state index contributed by atoms with van der Waals surface area (Å²) in [6, 6.07) is 4.61. The minimum absolute atomic E-state index is 0.222. The molecule has 1 aromatic carbocycles. The summed E-state index contributed by atoms with van der Waals surface area (Å²) in [5.74, 6) is -1.01. The number of unbranched alkanes of at least 4 members (excludes halogenated alkanes) is 19. The molecule has 0 radical (unpaired) electrons. The average molecular weight is 799 g/mol. The number of ether oxygens (including phenoxy) is 2. The normalized spacial score (nSPS) is 21.4. The van der Waals surface area contributed by atoms with E-state index in [2.05, 4.69) is 17.6 Å². The van der Waals surface area contributed by atoms with Crippen LogP contribution in [0.2, 0.25) is 0 Å². The largest absolute Gasteiger partial charge is 0.394 e. The minimum atomic E-state index is -1.63. The van der Waals surface area contributed by atoms with Crippen LogP contribution in [0.15, 0.2) is 24.3 Å². The predicted octanol–water partition coefficient (Wildman–Crippen LogP) is 5.57. The number of aliphatic hydroxyl groups is 6. The molecule has 8 N–H and O–H groups in total. The highest BCUT2D eigenvalue weighted by Gasteiger charge is 2.44. The van der Waals surface area contributed by atoms with Crippen LogP contribution in [0.25, 0.3) is 0 Å². The van der Waals surface area contributed by atoms with Gasteiger partial charge >= 0.3 is 0 Å². The van der Waals surface area contributed by atoms with Crippen LogP contribution >= 0.6 is 0 Å². The zero-order valence-corrected chi connectivity index (χ0v) is 34.0. The highest BCUT2D eigenvalue weighted by Crippen LogP contribution is 2.23. The molecule has 1 saturated heterocycles. The number of benzene rings is 1. The van der Waals surface area contributed by atoms with E-state index in [1.165, 1.54) is 69.6 Å². The van der Waals surface area contributed by atoms with Crippen molar-refractivity contribution in [3.8, 4) is 0 Å². The van der Waals surface area contributed by atoms with E-state index >= 15 is 0 Å². The summed E-state index contributed by atoms with van der Waals surface area (Å²) < 4.78 is 24.4. The molecule has 2 rings (SSSR count). The summed E-state index contributed by atoms with van der Waals surface area (Å²) in [6.45, 7) is 1.81. The maximum absolute atomic E-state index is 13.3. The van der Waals surface area contributed by atoms with Crippen molar-refractivity contribution in [1.82, 2.24) is 10.6 Å². The van der Waals surface area contributed by atoms with Gasteiger partial charge in [-0.15, -0.1) is 0 Å². The summed E-state index contributed by atoms with van der Waals surface area (Å²) in [4.78, 5) is 25.1. The van der Waals surface area contributed by atoms with E-state index in [0.717, 1.165) is 77.0 Å². The van der Waals surface area contributed by atoms with Crippen molar-refractivity contribution < 1.29 is 54.1 Å². The SMILES string of the molecule is CCCCCCCCCCCCCC[C@@H](O)[C@@H](O)[C@H](CO[C@H]1O[C@H](CO)[C@H](O)[C@H](O)[C@H]1O)NC(=O)CCCCCCCCCCCNC(=O)c1cccc(F)c1. The third-order valence-corrected chi connectivity index (χ3v) is 10.7. The Labute approximate surface area is 335 Å². The zero-order chi connectivity index (χ0) is 41.0. The number of carbonyl (C=O) groups excluding carboxylic acids is 2. The van der Waals surface area contributed by atoms with Crippen LogP contribution in [0.3, 0.4) is 0 Å². The molecule has 0 unspecified atom stereocenters. The smallest absolute Gasteiger partial charge is 0.251 e. The van der Waals surface area contributed by atoms with Gasteiger partial charge in [-0.1, -0.05) is 135 Å². The monoisotopic (exact) mass is 799 g/mol. The lowest BCUT2D eigenvalue weighted by molar-refractivity contribution is -0.303. The molecule has 0 bridgehead atoms. The third kappa shape index (κ3) is 21.0. The molecule has 0 aliphatic carbocycles. The number of carbonyl (C=O) groups is 2. The summed E-state index contributed by atoms with van der Waals surface area (Å²) in [7, 11) is 0. The number of aliphatic hydroxyl groups excluding tert-OH is 6. The van der Waals surface area contributed by atoms with Crippen molar-refractivity contribution in [3.05, 3.63) is 35.6 Å². The van der Waals surface area contributed by atoms with Crippen molar-refractivity contribution >= 4 is 11.8 Å². The molecule has 12 nitrogen and oxygen atoms in total. The number of hydrogen-bond donors (Lipinski definition) is 8. The van der Waals surface area contributed by atoms with Crippen molar-refractivity contribution in [1.29, 1.82) is 0 Å². The summed E-state index contributed by atoms with van der Waals surface area (Å²) in [5, 5.41) is 67.8. The Morgan fingerprint density at radius 2 is 1.32 bits per heavy atom. The maximum atomic E-state index is 13.3. The lowest BCUT2D eigenvalue weighted by Gasteiger charge is -2.40. The molecule has 324 valence electrons. The molecule has 1 aromatic rings. The molecule has 1 aliphatic heterocycles. The van der Waals surface area contributed by atoms with Crippen molar-refractivity contribution in [2.24, 2.45) is 0 Å². The Balaban J connectivity index is 1.68. The van der Waals surface area contributed by atoms with Gasteiger partial charge in [0.2, 0.25) is 5.91 Å². The highest BCUT2D eigenvalue weighted by atomic mass is 19.1. The van der Waals surface area contributed by atoms with E-state index in [0.29, 0.717) is 24.9 Å². The van der Waals surface area contributed by atoms with Crippen LogP contribution < -0.4 is 10.6 Å². The first-order valence-corrected chi connectivity index (χ1v) is 21.7. The molecular weight excluding hydrogens is 723 g/mol. The van der Waals surface area contributed by atoms with Gasteiger partial charge in [-0.2, -0.15) is 0 Å². The zero-order valence-electron chi connectivity index (χ0n) is 34.0. The standard InChI is InChI=1S/C43H75FN2O10/c1-2-3-4-5-6-7-8-9-11-14-17-20-26-35(48)38(50)34(31-55-43-41(53)40(52)39(51)36(30-47)56-43)46-37(49)27-21-18-15-12-10-13-16-19-22-28-45-42(54)32-24-23-25-33(44)29-32/h23-25,29,34-36,38-41,43,47-48,50-53H,2-22,26-28,30-31H2,1H3,(H,45,54)(H,46,49)/t34-,35+,36+,38-,39-,40-,41+,43-/m0/s1. The van der Waals surface area contributed by atoms with E-state index in [1.807, 2.05) is 0 Å². The first kappa shape index (κ1) is 49.9. The number of rotatable bonds is 33. The number of hydrogen-bond acceptors (Lipinski definition) is 10. The molecular formula is C43H75FN2O10. The highest BCUT2D eigenvalue weighted by molar-refractivity contribution is 5.94. The van der Waals surface area contributed by atoms with Gasteiger partial charge in [-0.05, 0) is 37.5 Å². The summed E-state index contributed by atoms with van der Waals surface area (Å²) in [6.07, 6.45) is 13.3. The number of amides is 2. The molecule has 8 atom stereocenters. The molecule has 1 heterocycles. The van der Waals surface area contributed by atoms with Crippen LogP contribution in [0.5, 0.6) is 0 Å². The van der Waals surface area contributed by atoms with Gasteiger partial charge in [0.1, 0.15) is 36.3 Å². The molecule has 0 aromatic heterocycles. The Kier molecular flexibility index (Phi) is 27.4. The minimum Gasteiger partial charge on any atom is -0.394 e. The number of halogens is 1. The molecule has 2 amide bonds. The van der Waals surface area contributed by atoms with Crippen molar-refractivity contribution in [2.45, 2.75) is 204 Å². The van der Waals surface area contributed by atoms with Crippen LogP contribution in [-0.2, 0) is 14.3 Å². The summed E-state index contributed by atoms with van der Waals surface area (Å²) >= 11 is 0. The van der Waals surface area contributed by atoms with E-state index in [4.69, 9.17) is 9.47 Å². The van der Waals surface area contributed by atoms with Gasteiger partial charge in [0.15, 0.2) is 6.29 Å². The fraction of sp³-hybridized carbons (Fsp3) is 0.814. The molecule has 0 spiro atoms. The average Bonchev–Trinajstić information content (AvgIpc) is 3.19. The fourth-order valence-electron chi connectivity index (χ4n) is 7.12. The Morgan fingerprint density at radius 3 is 1.89 bits per heavy atom. The van der Waals surface area contributed by atoms with E-state index in [-0.39, 0.29) is 24.8 Å². The quantitative estimate of drug-likeness (QED) is 0.0416. The first-order valence-electron chi connectivity index (χ1n) is 21.7. The van der Waals surface area contributed by atoms with Crippen LogP contribution in [0.1, 0.15) is 165 Å². The molecule has 1 aliphatic rings. The second kappa shape index (κ2) is 30.8. The lowest BCUT2D eigenvalue weighted by atomic mass is 9.98. The van der Waals surface area contributed by atoms with E-state index in [9.17, 15) is 44.6 Å².